The highest BCUT2D eigenvalue weighted by Gasteiger charge is 2.63. The van der Waals surface area contributed by atoms with Crippen LogP contribution < -0.4 is 9.47 Å². The van der Waals surface area contributed by atoms with Crippen LogP contribution in [0.3, 0.4) is 0 Å². The Morgan fingerprint density at radius 2 is 1.32 bits per heavy atom. The van der Waals surface area contributed by atoms with Gasteiger partial charge < -0.3 is 14.6 Å². The molecule has 0 bridgehead atoms. The van der Waals surface area contributed by atoms with Crippen molar-refractivity contribution in [1.82, 2.24) is 0 Å². The van der Waals surface area contributed by atoms with Crippen molar-refractivity contribution in [2.24, 2.45) is 11.8 Å². The van der Waals surface area contributed by atoms with Crippen LogP contribution in [0.5, 0.6) is 11.5 Å². The standard InChI is InChI=1S/C11H9ClO2.C10H7ClO3/c1-5(13)8-9-6-3-2-4-7(12)10(6)14-11(8)9;11-5-3-1-2-4-6-7(10(12)13)9(6)14-8(4)5/h2-4,8-9,11H,1H3;1-3,6-7,9H,(H,12,13)/t8-,9-,11+;6-,7-,9-/m11/s1. The lowest BCUT2D eigenvalue weighted by Crippen LogP contribution is -2.08. The molecule has 2 aromatic rings. The number of hydrogen-bond donors (Lipinski definition) is 1. The average molecular weight is 419 g/mol. The summed E-state index contributed by atoms with van der Waals surface area (Å²) in [7, 11) is 0. The number of Topliss-reactive ketones (excluding diaryl/α,β-unsaturated/α-hetero) is 1. The van der Waals surface area contributed by atoms with Gasteiger partial charge in [0, 0.05) is 23.0 Å². The summed E-state index contributed by atoms with van der Waals surface area (Å²) in [6.45, 7) is 1.62. The lowest BCUT2D eigenvalue weighted by Gasteiger charge is -2.07. The number of hydrogen-bond acceptors (Lipinski definition) is 4. The summed E-state index contributed by atoms with van der Waals surface area (Å²) >= 11 is 11.9. The van der Waals surface area contributed by atoms with Gasteiger partial charge in [0.1, 0.15) is 35.4 Å². The highest BCUT2D eigenvalue weighted by atomic mass is 35.5. The maximum atomic E-state index is 11.2. The summed E-state index contributed by atoms with van der Waals surface area (Å²) < 4.78 is 11.1. The van der Waals surface area contributed by atoms with E-state index in [2.05, 4.69) is 0 Å². The number of rotatable bonds is 2. The van der Waals surface area contributed by atoms with Gasteiger partial charge in [0.05, 0.1) is 16.0 Å². The minimum absolute atomic E-state index is 0.0150. The van der Waals surface area contributed by atoms with E-state index in [1.54, 1.807) is 13.0 Å². The molecule has 0 saturated heterocycles. The van der Waals surface area contributed by atoms with E-state index in [0.717, 1.165) is 16.9 Å². The first-order chi connectivity index (χ1) is 13.4. The molecule has 4 aliphatic rings. The molecule has 0 aromatic heterocycles. The number of carboxylic acids is 1. The minimum Gasteiger partial charge on any atom is -0.487 e. The van der Waals surface area contributed by atoms with Crippen LogP contribution in [0.2, 0.25) is 10.0 Å². The van der Waals surface area contributed by atoms with Crippen molar-refractivity contribution in [3.05, 3.63) is 57.6 Å². The molecule has 0 radical (unpaired) electrons. The number of aliphatic carboxylic acids is 1. The van der Waals surface area contributed by atoms with Crippen LogP contribution in [0.15, 0.2) is 36.4 Å². The van der Waals surface area contributed by atoms with Gasteiger partial charge in [0.15, 0.2) is 0 Å². The van der Waals surface area contributed by atoms with Crippen molar-refractivity contribution in [3.63, 3.8) is 0 Å². The predicted octanol–water partition coefficient (Wildman–Crippen LogP) is 4.30. The van der Waals surface area contributed by atoms with E-state index in [0.29, 0.717) is 15.8 Å². The van der Waals surface area contributed by atoms with Crippen molar-refractivity contribution >= 4 is 35.0 Å². The number of carbonyl (C=O) groups excluding carboxylic acids is 1. The first kappa shape index (κ1) is 17.8. The smallest absolute Gasteiger partial charge is 0.311 e. The number of fused-ring (bicyclic) bond motifs is 6. The minimum atomic E-state index is -0.786. The lowest BCUT2D eigenvalue weighted by molar-refractivity contribution is -0.139. The van der Waals surface area contributed by atoms with E-state index in [1.165, 1.54) is 0 Å². The zero-order valence-electron chi connectivity index (χ0n) is 14.8. The number of benzene rings is 2. The number of halogens is 2. The summed E-state index contributed by atoms with van der Waals surface area (Å²) in [5, 5.41) is 10.1. The van der Waals surface area contributed by atoms with Crippen LogP contribution in [0.25, 0.3) is 0 Å². The fourth-order valence-corrected chi connectivity index (χ4v) is 4.93. The summed E-state index contributed by atoms with van der Waals surface area (Å²) in [5.41, 5.74) is 2.04. The molecule has 0 spiro atoms. The van der Waals surface area contributed by atoms with Crippen molar-refractivity contribution in [2.75, 3.05) is 0 Å². The molecule has 6 atom stereocenters. The monoisotopic (exact) mass is 418 g/mol. The van der Waals surface area contributed by atoms with Crippen molar-refractivity contribution < 1.29 is 24.2 Å². The highest BCUT2D eigenvalue weighted by Crippen LogP contribution is 2.60. The molecule has 2 heterocycles. The summed E-state index contributed by atoms with van der Waals surface area (Å²) in [4.78, 5) is 22.0. The summed E-state index contributed by atoms with van der Waals surface area (Å²) in [6, 6.07) is 11.2. The molecular formula is C21H16Cl2O5. The molecule has 2 saturated carbocycles. The molecule has 6 rings (SSSR count). The van der Waals surface area contributed by atoms with Gasteiger partial charge in [-0.15, -0.1) is 0 Å². The number of carboxylic acid groups (broad SMARTS) is 1. The van der Waals surface area contributed by atoms with E-state index in [4.69, 9.17) is 37.8 Å². The van der Waals surface area contributed by atoms with Crippen molar-refractivity contribution in [3.8, 4) is 11.5 Å². The van der Waals surface area contributed by atoms with Gasteiger partial charge in [-0.3, -0.25) is 9.59 Å². The van der Waals surface area contributed by atoms with Crippen LogP contribution in [0, 0.1) is 11.8 Å². The van der Waals surface area contributed by atoms with E-state index in [-0.39, 0.29) is 41.7 Å². The Morgan fingerprint density at radius 3 is 1.79 bits per heavy atom. The fourth-order valence-electron chi connectivity index (χ4n) is 4.48. The van der Waals surface area contributed by atoms with Crippen LogP contribution in [-0.4, -0.2) is 29.1 Å². The molecular weight excluding hydrogens is 403 g/mol. The third kappa shape index (κ3) is 2.53. The average Bonchev–Trinajstić information content (AvgIpc) is 3.46. The maximum absolute atomic E-state index is 11.2. The van der Waals surface area contributed by atoms with E-state index in [9.17, 15) is 9.59 Å². The van der Waals surface area contributed by atoms with Crippen LogP contribution in [-0.2, 0) is 9.59 Å². The second kappa shape index (κ2) is 6.13. The van der Waals surface area contributed by atoms with Gasteiger partial charge in [-0.1, -0.05) is 47.5 Å². The molecule has 2 fully saturated rings. The quantitative estimate of drug-likeness (QED) is 0.786. The van der Waals surface area contributed by atoms with Crippen molar-refractivity contribution in [2.45, 2.75) is 31.0 Å². The molecule has 2 aromatic carbocycles. The Balaban J connectivity index is 0.000000122. The van der Waals surface area contributed by atoms with Gasteiger partial charge in [-0.05, 0) is 19.1 Å². The second-order valence-corrected chi connectivity index (χ2v) is 8.35. The van der Waals surface area contributed by atoms with Gasteiger partial charge in [0.2, 0.25) is 0 Å². The second-order valence-electron chi connectivity index (χ2n) is 7.53. The third-order valence-corrected chi connectivity index (χ3v) is 6.48. The first-order valence-corrected chi connectivity index (χ1v) is 9.79. The zero-order valence-corrected chi connectivity index (χ0v) is 16.3. The number of ether oxygens (including phenoxy) is 2. The Hall–Kier alpha value is -2.24. The van der Waals surface area contributed by atoms with E-state index >= 15 is 0 Å². The number of para-hydroxylation sites is 2. The molecule has 0 unspecified atom stereocenters. The molecule has 2 aliphatic carbocycles. The van der Waals surface area contributed by atoms with Gasteiger partial charge >= 0.3 is 5.97 Å². The molecule has 1 N–H and O–H groups in total. The molecule has 2 aliphatic heterocycles. The topological polar surface area (TPSA) is 72.8 Å². The van der Waals surface area contributed by atoms with Gasteiger partial charge in [-0.2, -0.15) is 0 Å². The Bertz CT molecular complexity index is 938. The summed E-state index contributed by atoms with van der Waals surface area (Å²) in [5.74, 6) is 0.851. The van der Waals surface area contributed by atoms with Gasteiger partial charge in [0.25, 0.3) is 0 Å². The largest absolute Gasteiger partial charge is 0.487 e. The number of ketones is 1. The molecule has 144 valence electrons. The van der Waals surface area contributed by atoms with Gasteiger partial charge in [-0.25, -0.2) is 0 Å². The Morgan fingerprint density at radius 1 is 0.857 bits per heavy atom. The van der Waals surface area contributed by atoms with Crippen LogP contribution in [0.1, 0.15) is 29.9 Å². The van der Waals surface area contributed by atoms with E-state index < -0.39 is 5.97 Å². The molecule has 28 heavy (non-hydrogen) atoms. The Labute approximate surface area is 171 Å². The normalized spacial score (nSPS) is 31.7. The highest BCUT2D eigenvalue weighted by molar-refractivity contribution is 6.32. The Kier molecular flexibility index (Phi) is 3.90. The molecule has 7 heteroatoms. The van der Waals surface area contributed by atoms with E-state index in [1.807, 2.05) is 30.3 Å². The predicted molar refractivity (Wildman–Crippen MR) is 103 cm³/mol. The SMILES string of the molecule is CC(=O)[C@H]1[C@@H]2Oc3c(Cl)cccc3[C@@H]21.O=C(O)[C@H]1[C@@H]2Oc3c(Cl)cccc3[C@@H]21. The fraction of sp³-hybridized carbons (Fsp3) is 0.333. The van der Waals surface area contributed by atoms with Crippen LogP contribution >= 0.6 is 23.2 Å². The molecule has 0 amide bonds. The van der Waals surface area contributed by atoms with Crippen molar-refractivity contribution in [1.29, 1.82) is 0 Å². The number of carbonyl (C=O) groups is 2. The van der Waals surface area contributed by atoms with Crippen LogP contribution in [0.4, 0.5) is 0 Å². The molecule has 5 nitrogen and oxygen atoms in total. The first-order valence-electron chi connectivity index (χ1n) is 9.03. The third-order valence-electron chi connectivity index (χ3n) is 5.88. The maximum Gasteiger partial charge on any atom is 0.311 e. The zero-order chi connectivity index (χ0) is 19.7. The summed E-state index contributed by atoms with van der Waals surface area (Å²) in [6.07, 6.45) is -0.134. The lowest BCUT2D eigenvalue weighted by atomic mass is 10.1.